The zero-order valence-electron chi connectivity index (χ0n) is 14.9. The van der Waals surface area contributed by atoms with Crippen molar-refractivity contribution in [3.05, 3.63) is 52.5 Å². The first-order valence-electron chi connectivity index (χ1n) is 8.25. The van der Waals surface area contributed by atoms with E-state index in [-0.39, 0.29) is 16.6 Å². The van der Waals surface area contributed by atoms with Gasteiger partial charge in [-0.3, -0.25) is 4.79 Å². The van der Waals surface area contributed by atoms with Gasteiger partial charge in [-0.25, -0.2) is 8.42 Å². The Balaban J connectivity index is 2.00. The number of amides is 1. The Hall–Kier alpha value is -1.25. The third-order valence-electron chi connectivity index (χ3n) is 3.73. The maximum absolute atomic E-state index is 12.5. The monoisotopic (exact) mass is 446 g/mol. The highest BCUT2D eigenvalue weighted by atomic mass is 35.5. The van der Waals surface area contributed by atoms with Crippen molar-refractivity contribution in [3.63, 3.8) is 0 Å². The molecule has 0 bridgehead atoms. The second-order valence-electron chi connectivity index (χ2n) is 5.53. The van der Waals surface area contributed by atoms with Gasteiger partial charge in [0, 0.05) is 28.7 Å². The molecule has 0 saturated carbocycles. The van der Waals surface area contributed by atoms with E-state index in [1.54, 1.807) is 44.2 Å². The maximum atomic E-state index is 12.5. The Labute approximate surface area is 174 Å². The predicted octanol–water partition coefficient (Wildman–Crippen LogP) is 4.75. The Morgan fingerprint density at radius 2 is 1.70 bits per heavy atom. The van der Waals surface area contributed by atoms with Crippen LogP contribution in [0, 0.1) is 0 Å². The molecule has 2 rings (SSSR count). The number of rotatable bonds is 8. The number of nitrogens with zero attached hydrogens (tertiary/aromatic N) is 1. The molecule has 0 unspecified atom stereocenters. The number of halogens is 2. The van der Waals surface area contributed by atoms with Crippen LogP contribution in [0.3, 0.4) is 0 Å². The minimum atomic E-state index is -3.51. The lowest BCUT2D eigenvalue weighted by Crippen LogP contribution is -2.30. The van der Waals surface area contributed by atoms with Gasteiger partial charge in [0.15, 0.2) is 0 Å². The van der Waals surface area contributed by atoms with E-state index in [4.69, 9.17) is 23.2 Å². The number of hydrogen-bond donors (Lipinski definition) is 1. The standard InChI is InChI=1S/C18H20Cl2N2O3S2/c1-3-22(4-2)27(24,25)15-8-6-14(7-9-15)21-18(23)12-26-17-11-13(19)5-10-16(17)20/h5-11H,3-4,12H2,1-2H3,(H,21,23). The highest BCUT2D eigenvalue weighted by molar-refractivity contribution is 8.00. The zero-order valence-corrected chi connectivity index (χ0v) is 18.1. The van der Waals surface area contributed by atoms with Crippen molar-refractivity contribution in [1.82, 2.24) is 4.31 Å². The van der Waals surface area contributed by atoms with E-state index >= 15 is 0 Å². The lowest BCUT2D eigenvalue weighted by Gasteiger charge is -2.18. The fourth-order valence-electron chi connectivity index (χ4n) is 2.35. The third kappa shape index (κ3) is 5.86. The number of nitrogens with one attached hydrogen (secondary N) is 1. The van der Waals surface area contributed by atoms with Crippen LogP contribution in [0.25, 0.3) is 0 Å². The molecule has 27 heavy (non-hydrogen) atoms. The summed E-state index contributed by atoms with van der Waals surface area (Å²) in [7, 11) is -3.51. The lowest BCUT2D eigenvalue weighted by atomic mass is 10.3. The number of benzene rings is 2. The van der Waals surface area contributed by atoms with Gasteiger partial charge >= 0.3 is 0 Å². The van der Waals surface area contributed by atoms with Crippen LogP contribution in [0.2, 0.25) is 10.0 Å². The Kier molecular flexibility index (Phi) is 8.00. The van der Waals surface area contributed by atoms with E-state index in [1.807, 2.05) is 0 Å². The van der Waals surface area contributed by atoms with Gasteiger partial charge in [0.2, 0.25) is 15.9 Å². The molecular weight excluding hydrogens is 427 g/mol. The van der Waals surface area contributed by atoms with Crippen LogP contribution in [0.1, 0.15) is 13.8 Å². The first-order valence-corrected chi connectivity index (χ1v) is 11.4. The number of anilines is 1. The van der Waals surface area contributed by atoms with Crippen molar-refractivity contribution in [1.29, 1.82) is 0 Å². The fraction of sp³-hybridized carbons (Fsp3) is 0.278. The normalized spacial score (nSPS) is 11.6. The predicted molar refractivity (Wildman–Crippen MR) is 112 cm³/mol. The van der Waals surface area contributed by atoms with E-state index < -0.39 is 10.0 Å². The molecule has 146 valence electrons. The molecule has 0 fully saturated rings. The van der Waals surface area contributed by atoms with Crippen molar-refractivity contribution in [2.45, 2.75) is 23.6 Å². The van der Waals surface area contributed by atoms with Crippen LogP contribution >= 0.6 is 35.0 Å². The van der Waals surface area contributed by atoms with Crippen LogP contribution in [0.4, 0.5) is 5.69 Å². The number of carbonyl (C=O) groups is 1. The van der Waals surface area contributed by atoms with Crippen LogP contribution in [0.5, 0.6) is 0 Å². The smallest absolute Gasteiger partial charge is 0.243 e. The van der Waals surface area contributed by atoms with Crippen LogP contribution in [-0.4, -0.2) is 37.5 Å². The number of hydrogen-bond acceptors (Lipinski definition) is 4. The number of thioether (sulfide) groups is 1. The Bertz CT molecular complexity index is 899. The SMILES string of the molecule is CCN(CC)S(=O)(=O)c1ccc(NC(=O)CSc2cc(Cl)ccc2Cl)cc1. The van der Waals surface area contributed by atoms with Crippen molar-refractivity contribution < 1.29 is 13.2 Å². The zero-order chi connectivity index (χ0) is 20.0. The van der Waals surface area contributed by atoms with Crippen molar-refractivity contribution in [2.75, 3.05) is 24.2 Å². The Morgan fingerprint density at radius 3 is 2.30 bits per heavy atom. The second-order valence-corrected chi connectivity index (χ2v) is 9.32. The van der Waals surface area contributed by atoms with Crippen molar-refractivity contribution in [2.24, 2.45) is 0 Å². The first kappa shape index (κ1) is 22.0. The molecule has 0 atom stereocenters. The van der Waals surface area contributed by atoms with E-state index in [1.165, 1.54) is 28.2 Å². The summed E-state index contributed by atoms with van der Waals surface area (Å²) in [5.41, 5.74) is 0.524. The summed E-state index contributed by atoms with van der Waals surface area (Å²) in [6.45, 7) is 4.39. The molecule has 1 amide bonds. The molecule has 0 aliphatic carbocycles. The third-order valence-corrected chi connectivity index (χ3v) is 7.53. The van der Waals surface area contributed by atoms with Gasteiger partial charge < -0.3 is 5.32 Å². The molecule has 0 aliphatic heterocycles. The van der Waals surface area contributed by atoms with Crippen LogP contribution in [-0.2, 0) is 14.8 Å². The summed E-state index contributed by atoms with van der Waals surface area (Å²) in [5, 5.41) is 3.82. The number of carbonyl (C=O) groups excluding carboxylic acids is 1. The highest BCUT2D eigenvalue weighted by Crippen LogP contribution is 2.30. The van der Waals surface area contributed by atoms with Gasteiger partial charge in [0.05, 0.1) is 15.7 Å². The van der Waals surface area contributed by atoms with Gasteiger partial charge in [-0.2, -0.15) is 4.31 Å². The van der Waals surface area contributed by atoms with E-state index in [0.29, 0.717) is 28.8 Å². The largest absolute Gasteiger partial charge is 0.325 e. The molecule has 0 aliphatic rings. The molecule has 0 heterocycles. The minimum absolute atomic E-state index is 0.152. The quantitative estimate of drug-likeness (QED) is 0.593. The first-order chi connectivity index (χ1) is 12.8. The maximum Gasteiger partial charge on any atom is 0.243 e. The molecule has 5 nitrogen and oxygen atoms in total. The summed E-state index contributed by atoms with van der Waals surface area (Å²) in [5.74, 6) is -0.0741. The molecule has 9 heteroatoms. The van der Waals surface area contributed by atoms with E-state index in [2.05, 4.69) is 5.32 Å². The molecular formula is C18H20Cl2N2O3S2. The van der Waals surface area contributed by atoms with Gasteiger partial charge in [-0.1, -0.05) is 37.0 Å². The van der Waals surface area contributed by atoms with Gasteiger partial charge in [0.1, 0.15) is 0 Å². The number of sulfonamides is 1. The molecule has 0 radical (unpaired) electrons. The molecule has 0 aromatic heterocycles. The molecule has 2 aromatic rings. The molecule has 0 saturated heterocycles. The van der Waals surface area contributed by atoms with Gasteiger partial charge in [-0.15, -0.1) is 11.8 Å². The van der Waals surface area contributed by atoms with E-state index in [9.17, 15) is 13.2 Å². The fourth-order valence-corrected chi connectivity index (χ4v) is 5.10. The summed E-state index contributed by atoms with van der Waals surface area (Å²) in [6, 6.07) is 11.2. The second kappa shape index (κ2) is 9.80. The summed E-state index contributed by atoms with van der Waals surface area (Å²) >= 11 is 13.3. The van der Waals surface area contributed by atoms with Gasteiger partial charge in [-0.05, 0) is 42.5 Å². The van der Waals surface area contributed by atoms with Crippen LogP contribution < -0.4 is 5.32 Å². The van der Waals surface area contributed by atoms with Crippen molar-refractivity contribution >= 4 is 56.6 Å². The van der Waals surface area contributed by atoms with Crippen molar-refractivity contribution in [3.8, 4) is 0 Å². The Morgan fingerprint density at radius 1 is 1.07 bits per heavy atom. The average molecular weight is 447 g/mol. The summed E-state index contributed by atoms with van der Waals surface area (Å²) < 4.78 is 26.3. The summed E-state index contributed by atoms with van der Waals surface area (Å²) in [4.78, 5) is 13.1. The topological polar surface area (TPSA) is 66.5 Å². The van der Waals surface area contributed by atoms with Crippen LogP contribution in [0.15, 0.2) is 52.3 Å². The molecule has 2 aromatic carbocycles. The minimum Gasteiger partial charge on any atom is -0.325 e. The molecule has 0 spiro atoms. The lowest BCUT2D eigenvalue weighted by molar-refractivity contribution is -0.113. The highest BCUT2D eigenvalue weighted by Gasteiger charge is 2.21. The average Bonchev–Trinajstić information content (AvgIpc) is 2.63. The van der Waals surface area contributed by atoms with E-state index in [0.717, 1.165) is 4.90 Å². The summed E-state index contributed by atoms with van der Waals surface area (Å²) in [6.07, 6.45) is 0. The van der Waals surface area contributed by atoms with Gasteiger partial charge in [0.25, 0.3) is 0 Å². The molecule has 1 N–H and O–H groups in total.